The summed E-state index contributed by atoms with van der Waals surface area (Å²) in [7, 11) is 0. The second-order valence-electron chi connectivity index (χ2n) is 6.23. The number of fused-ring (bicyclic) bond motifs is 1. The van der Waals surface area contributed by atoms with Crippen molar-refractivity contribution in [3.05, 3.63) is 74.4 Å². The van der Waals surface area contributed by atoms with Crippen molar-refractivity contribution in [1.82, 2.24) is 10.3 Å². The van der Waals surface area contributed by atoms with Crippen LogP contribution in [0.1, 0.15) is 28.8 Å². The lowest BCUT2D eigenvalue weighted by molar-refractivity contribution is -0.384. The maximum Gasteiger partial charge on any atom is 0.270 e. The SMILES string of the molecule is O=C(NC1(c2ccc(Br)cc2)CC1)c1c[nH]c2ccc([N+](=O)[O-])cc12. The first-order valence-corrected chi connectivity index (χ1v) is 8.62. The zero-order valence-electron chi connectivity index (χ0n) is 13.1. The number of nitrogens with one attached hydrogen (secondary N) is 2. The lowest BCUT2D eigenvalue weighted by Crippen LogP contribution is -2.34. The number of hydrogen-bond donors (Lipinski definition) is 2. The third-order valence-corrected chi connectivity index (χ3v) is 5.15. The van der Waals surface area contributed by atoms with Crippen LogP contribution in [0, 0.1) is 10.1 Å². The molecule has 1 heterocycles. The van der Waals surface area contributed by atoms with Gasteiger partial charge in [-0.3, -0.25) is 14.9 Å². The molecule has 0 saturated heterocycles. The lowest BCUT2D eigenvalue weighted by atomic mass is 10.0. The number of carbonyl (C=O) groups is 1. The monoisotopic (exact) mass is 399 g/mol. The fourth-order valence-corrected chi connectivity index (χ4v) is 3.34. The van der Waals surface area contributed by atoms with Crippen molar-refractivity contribution in [2.45, 2.75) is 18.4 Å². The molecule has 1 aromatic heterocycles. The van der Waals surface area contributed by atoms with Crippen LogP contribution < -0.4 is 5.32 Å². The third-order valence-electron chi connectivity index (χ3n) is 4.62. The van der Waals surface area contributed by atoms with E-state index >= 15 is 0 Å². The Labute approximate surface area is 151 Å². The van der Waals surface area contributed by atoms with E-state index in [1.165, 1.54) is 12.1 Å². The Morgan fingerprint density at radius 3 is 2.56 bits per heavy atom. The van der Waals surface area contributed by atoms with Gasteiger partial charge in [-0.2, -0.15) is 0 Å². The first kappa shape index (κ1) is 15.8. The lowest BCUT2D eigenvalue weighted by Gasteiger charge is -2.18. The highest BCUT2D eigenvalue weighted by Crippen LogP contribution is 2.46. The highest BCUT2D eigenvalue weighted by molar-refractivity contribution is 9.10. The largest absolute Gasteiger partial charge is 0.360 e. The summed E-state index contributed by atoms with van der Waals surface area (Å²) in [6, 6.07) is 12.4. The van der Waals surface area contributed by atoms with E-state index in [4.69, 9.17) is 0 Å². The number of non-ortho nitro benzene ring substituents is 1. The van der Waals surface area contributed by atoms with Crippen molar-refractivity contribution in [3.63, 3.8) is 0 Å². The Balaban J connectivity index is 1.65. The molecule has 0 spiro atoms. The molecule has 7 heteroatoms. The molecule has 6 nitrogen and oxygen atoms in total. The zero-order valence-corrected chi connectivity index (χ0v) is 14.7. The van der Waals surface area contributed by atoms with Gasteiger partial charge >= 0.3 is 0 Å². The number of H-pyrrole nitrogens is 1. The number of hydrogen-bond acceptors (Lipinski definition) is 3. The third kappa shape index (κ3) is 2.80. The van der Waals surface area contributed by atoms with Crippen molar-refractivity contribution in [1.29, 1.82) is 0 Å². The predicted molar refractivity (Wildman–Crippen MR) is 97.5 cm³/mol. The molecule has 0 radical (unpaired) electrons. The number of carbonyl (C=O) groups excluding carboxylic acids is 1. The predicted octanol–water partition coefficient (Wildman–Crippen LogP) is 4.26. The highest BCUT2D eigenvalue weighted by atomic mass is 79.9. The topological polar surface area (TPSA) is 88.0 Å². The summed E-state index contributed by atoms with van der Waals surface area (Å²) in [6.07, 6.45) is 3.35. The maximum atomic E-state index is 12.8. The molecule has 126 valence electrons. The molecule has 2 aromatic carbocycles. The van der Waals surface area contributed by atoms with Gasteiger partial charge in [-0.25, -0.2) is 0 Å². The fourth-order valence-electron chi connectivity index (χ4n) is 3.07. The van der Waals surface area contributed by atoms with Crippen LogP contribution in [0.3, 0.4) is 0 Å². The van der Waals surface area contributed by atoms with Crippen molar-refractivity contribution in [2.75, 3.05) is 0 Å². The zero-order chi connectivity index (χ0) is 17.6. The summed E-state index contributed by atoms with van der Waals surface area (Å²) in [5.41, 5.74) is 1.80. The molecule has 0 unspecified atom stereocenters. The van der Waals surface area contributed by atoms with Gasteiger partial charge in [-0.15, -0.1) is 0 Å². The van der Waals surface area contributed by atoms with Gasteiger partial charge in [0, 0.05) is 33.7 Å². The van der Waals surface area contributed by atoms with Crippen molar-refractivity contribution < 1.29 is 9.72 Å². The van der Waals surface area contributed by atoms with Crippen LogP contribution in [0.15, 0.2) is 53.1 Å². The average molecular weight is 400 g/mol. The summed E-state index contributed by atoms with van der Waals surface area (Å²) in [5, 5.41) is 14.6. The normalized spacial score (nSPS) is 15.1. The molecule has 1 amide bonds. The van der Waals surface area contributed by atoms with E-state index in [1.54, 1.807) is 12.3 Å². The summed E-state index contributed by atoms with van der Waals surface area (Å²) in [4.78, 5) is 26.3. The number of benzene rings is 2. The van der Waals surface area contributed by atoms with Gasteiger partial charge in [0.2, 0.25) is 0 Å². The average Bonchev–Trinajstić information content (AvgIpc) is 3.24. The van der Waals surface area contributed by atoms with Crippen LogP contribution in [0.25, 0.3) is 10.9 Å². The summed E-state index contributed by atoms with van der Waals surface area (Å²) < 4.78 is 0.988. The van der Waals surface area contributed by atoms with Crippen LogP contribution in [0.5, 0.6) is 0 Å². The first-order valence-electron chi connectivity index (χ1n) is 7.83. The van der Waals surface area contributed by atoms with Crippen LogP contribution in [-0.2, 0) is 5.54 Å². The molecule has 0 aliphatic heterocycles. The Kier molecular flexibility index (Phi) is 3.61. The van der Waals surface area contributed by atoms with Gasteiger partial charge in [-0.05, 0) is 36.6 Å². The molecular formula is C18H14BrN3O3. The number of aromatic amines is 1. The fraction of sp³-hybridized carbons (Fsp3) is 0.167. The Bertz CT molecular complexity index is 990. The standard InChI is InChI=1S/C18H14BrN3O3/c19-12-3-1-11(2-4-12)18(7-8-18)21-17(23)15-10-20-16-6-5-13(22(24)25)9-14(15)16/h1-6,9-10,20H,7-8H2,(H,21,23). The quantitative estimate of drug-likeness (QED) is 0.507. The second-order valence-corrected chi connectivity index (χ2v) is 7.15. The molecule has 1 aliphatic carbocycles. The van der Waals surface area contributed by atoms with Gasteiger partial charge in [-0.1, -0.05) is 28.1 Å². The van der Waals surface area contributed by atoms with E-state index < -0.39 is 4.92 Å². The van der Waals surface area contributed by atoms with E-state index in [0.717, 1.165) is 22.9 Å². The van der Waals surface area contributed by atoms with E-state index in [0.29, 0.717) is 16.5 Å². The van der Waals surface area contributed by atoms with Crippen LogP contribution >= 0.6 is 15.9 Å². The van der Waals surface area contributed by atoms with E-state index in [9.17, 15) is 14.9 Å². The Morgan fingerprint density at radius 1 is 1.20 bits per heavy atom. The molecule has 1 aliphatic rings. The first-order chi connectivity index (χ1) is 12.0. The minimum absolute atomic E-state index is 0.0322. The number of rotatable bonds is 4. The molecule has 25 heavy (non-hydrogen) atoms. The number of nitrogens with zero attached hydrogens (tertiary/aromatic N) is 1. The molecule has 1 saturated carbocycles. The molecule has 1 fully saturated rings. The van der Waals surface area contributed by atoms with Crippen molar-refractivity contribution >= 4 is 38.4 Å². The molecule has 0 atom stereocenters. The number of nitro groups is 1. The van der Waals surface area contributed by atoms with E-state index in [1.807, 2.05) is 24.3 Å². The summed E-state index contributed by atoms with van der Waals surface area (Å²) in [5.74, 6) is -0.229. The van der Waals surface area contributed by atoms with Crippen molar-refractivity contribution in [2.24, 2.45) is 0 Å². The second kappa shape index (κ2) is 5.70. The number of nitro benzene ring substituents is 1. The van der Waals surface area contributed by atoms with E-state index in [-0.39, 0.29) is 17.1 Å². The minimum atomic E-state index is -0.460. The van der Waals surface area contributed by atoms with Crippen molar-refractivity contribution in [3.8, 4) is 0 Å². The molecule has 4 rings (SSSR count). The molecule has 3 aromatic rings. The minimum Gasteiger partial charge on any atom is -0.360 e. The van der Waals surface area contributed by atoms with Gasteiger partial charge in [0.15, 0.2) is 0 Å². The highest BCUT2D eigenvalue weighted by Gasteiger charge is 2.45. The van der Waals surface area contributed by atoms with Gasteiger partial charge in [0.25, 0.3) is 11.6 Å². The van der Waals surface area contributed by atoms with E-state index in [2.05, 4.69) is 26.2 Å². The molecule has 0 bridgehead atoms. The summed E-state index contributed by atoms with van der Waals surface area (Å²) >= 11 is 3.41. The Hall–Kier alpha value is -2.67. The Morgan fingerprint density at radius 2 is 1.92 bits per heavy atom. The van der Waals surface area contributed by atoms with Gasteiger partial charge in [0.05, 0.1) is 16.0 Å². The maximum absolute atomic E-state index is 12.8. The van der Waals surface area contributed by atoms with Gasteiger partial charge in [0.1, 0.15) is 0 Å². The summed E-state index contributed by atoms with van der Waals surface area (Å²) in [6.45, 7) is 0. The number of aromatic nitrogens is 1. The smallest absolute Gasteiger partial charge is 0.270 e. The van der Waals surface area contributed by atoms with Crippen LogP contribution in [-0.4, -0.2) is 15.8 Å². The molecule has 2 N–H and O–H groups in total. The molecular weight excluding hydrogens is 386 g/mol. The van der Waals surface area contributed by atoms with Crippen LogP contribution in [0.2, 0.25) is 0 Å². The number of halogens is 1. The van der Waals surface area contributed by atoms with Gasteiger partial charge < -0.3 is 10.3 Å². The number of amides is 1. The van der Waals surface area contributed by atoms with Crippen LogP contribution in [0.4, 0.5) is 5.69 Å².